The highest BCUT2D eigenvalue weighted by Gasteiger charge is 2.18. The Labute approximate surface area is 116 Å². The van der Waals surface area contributed by atoms with Gasteiger partial charge in [0.15, 0.2) is 5.82 Å². The summed E-state index contributed by atoms with van der Waals surface area (Å²) in [6.45, 7) is 1.70. The summed E-state index contributed by atoms with van der Waals surface area (Å²) < 4.78 is 32.1. The maximum Gasteiger partial charge on any atom is 0.263 e. The normalized spacial score (nSPS) is 11.7. The Morgan fingerprint density at radius 3 is 2.60 bits per heavy atom. The van der Waals surface area contributed by atoms with Crippen LogP contribution in [0.5, 0.6) is 0 Å². The second-order valence-corrected chi connectivity index (χ2v) is 6.06. The third-order valence-corrected chi connectivity index (χ3v) is 4.32. The van der Waals surface area contributed by atoms with Gasteiger partial charge in [-0.15, -0.1) is 0 Å². The molecule has 1 N–H and O–H groups in total. The molecule has 0 saturated carbocycles. The van der Waals surface area contributed by atoms with Gasteiger partial charge in [-0.2, -0.15) is 0 Å². The smallest absolute Gasteiger partial charge is 0.263 e. The lowest BCUT2D eigenvalue weighted by molar-refractivity contribution is 0.400. The van der Waals surface area contributed by atoms with Gasteiger partial charge in [-0.25, -0.2) is 8.42 Å². The van der Waals surface area contributed by atoms with Crippen molar-refractivity contribution in [1.82, 2.24) is 5.16 Å². The molecular formula is C14H12N2O3S. The van der Waals surface area contributed by atoms with Crippen LogP contribution in [0.2, 0.25) is 0 Å². The molecular weight excluding hydrogens is 276 g/mol. The number of nitrogens with one attached hydrogen (secondary N) is 1. The second kappa shape index (κ2) is 4.64. The summed E-state index contributed by atoms with van der Waals surface area (Å²) in [6, 6.07) is 14.0. The first kappa shape index (κ1) is 12.7. The van der Waals surface area contributed by atoms with Crippen LogP contribution in [0.15, 0.2) is 57.9 Å². The van der Waals surface area contributed by atoms with Crippen LogP contribution in [0.1, 0.15) is 5.76 Å². The van der Waals surface area contributed by atoms with Gasteiger partial charge in [-0.3, -0.25) is 4.72 Å². The van der Waals surface area contributed by atoms with Crippen molar-refractivity contribution in [2.24, 2.45) is 0 Å². The first-order valence-electron chi connectivity index (χ1n) is 6.00. The zero-order valence-electron chi connectivity index (χ0n) is 10.7. The van der Waals surface area contributed by atoms with E-state index in [1.54, 1.807) is 25.1 Å². The Balaban J connectivity index is 2.09. The Kier molecular flexibility index (Phi) is 2.94. The van der Waals surface area contributed by atoms with E-state index in [2.05, 4.69) is 9.88 Å². The number of hydrogen-bond acceptors (Lipinski definition) is 4. The number of hydrogen-bond donors (Lipinski definition) is 1. The van der Waals surface area contributed by atoms with E-state index < -0.39 is 10.0 Å². The summed E-state index contributed by atoms with van der Waals surface area (Å²) in [5, 5.41) is 5.18. The molecule has 5 nitrogen and oxygen atoms in total. The largest absolute Gasteiger partial charge is 0.360 e. The van der Waals surface area contributed by atoms with E-state index >= 15 is 0 Å². The third-order valence-electron chi connectivity index (χ3n) is 2.91. The van der Waals surface area contributed by atoms with Gasteiger partial charge < -0.3 is 4.52 Å². The molecule has 102 valence electrons. The minimum Gasteiger partial charge on any atom is -0.360 e. The standard InChI is InChI=1S/C14H12N2O3S/c1-10-9-14(15-19-10)16-20(17,18)13-8-4-6-11-5-2-3-7-12(11)13/h2-9H,1H3,(H,15,16). The van der Waals surface area contributed by atoms with Gasteiger partial charge in [0.05, 0.1) is 4.90 Å². The fourth-order valence-corrected chi connectivity index (χ4v) is 3.25. The number of sulfonamides is 1. The molecule has 0 atom stereocenters. The summed E-state index contributed by atoms with van der Waals surface area (Å²) >= 11 is 0. The van der Waals surface area contributed by atoms with E-state index in [1.165, 1.54) is 6.07 Å². The number of aryl methyl sites for hydroxylation is 1. The molecule has 20 heavy (non-hydrogen) atoms. The van der Waals surface area contributed by atoms with Crippen molar-refractivity contribution < 1.29 is 12.9 Å². The summed E-state index contributed by atoms with van der Waals surface area (Å²) in [4.78, 5) is 0.219. The monoisotopic (exact) mass is 288 g/mol. The molecule has 0 saturated heterocycles. The summed E-state index contributed by atoms with van der Waals surface area (Å²) in [6.07, 6.45) is 0. The van der Waals surface area contributed by atoms with Crippen molar-refractivity contribution in [2.75, 3.05) is 4.72 Å². The minimum atomic E-state index is -3.70. The maximum atomic E-state index is 12.4. The highest BCUT2D eigenvalue weighted by Crippen LogP contribution is 2.24. The van der Waals surface area contributed by atoms with Gasteiger partial charge >= 0.3 is 0 Å². The van der Waals surface area contributed by atoms with Crippen molar-refractivity contribution >= 4 is 26.6 Å². The Morgan fingerprint density at radius 1 is 1.10 bits per heavy atom. The third kappa shape index (κ3) is 2.25. The van der Waals surface area contributed by atoms with E-state index in [9.17, 15) is 8.42 Å². The minimum absolute atomic E-state index is 0.176. The Hall–Kier alpha value is -2.34. The van der Waals surface area contributed by atoms with Gasteiger partial charge in [0.25, 0.3) is 10.0 Å². The van der Waals surface area contributed by atoms with Gasteiger partial charge in [0.2, 0.25) is 0 Å². The summed E-state index contributed by atoms with van der Waals surface area (Å²) in [5.41, 5.74) is 0. The first-order chi connectivity index (χ1) is 9.56. The van der Waals surface area contributed by atoms with Crippen molar-refractivity contribution in [2.45, 2.75) is 11.8 Å². The lowest BCUT2D eigenvalue weighted by Gasteiger charge is -2.08. The molecule has 0 aliphatic heterocycles. The number of aromatic nitrogens is 1. The van der Waals surface area contributed by atoms with E-state index in [1.807, 2.05) is 24.3 Å². The van der Waals surface area contributed by atoms with Crippen molar-refractivity contribution in [3.8, 4) is 0 Å². The van der Waals surface area contributed by atoms with E-state index in [-0.39, 0.29) is 10.7 Å². The van der Waals surface area contributed by atoms with Crippen LogP contribution >= 0.6 is 0 Å². The van der Waals surface area contributed by atoms with E-state index in [0.717, 1.165) is 5.39 Å². The molecule has 0 amide bonds. The van der Waals surface area contributed by atoms with E-state index in [0.29, 0.717) is 11.1 Å². The van der Waals surface area contributed by atoms with E-state index in [4.69, 9.17) is 4.52 Å². The lowest BCUT2D eigenvalue weighted by atomic mass is 10.1. The van der Waals surface area contributed by atoms with Crippen LogP contribution in [-0.2, 0) is 10.0 Å². The molecule has 0 aliphatic carbocycles. The van der Waals surface area contributed by atoms with Crippen LogP contribution in [0, 0.1) is 6.92 Å². The summed E-state index contributed by atoms with van der Waals surface area (Å²) in [7, 11) is -3.70. The highest BCUT2D eigenvalue weighted by atomic mass is 32.2. The van der Waals surface area contributed by atoms with Crippen LogP contribution < -0.4 is 4.72 Å². The lowest BCUT2D eigenvalue weighted by Crippen LogP contribution is -2.13. The van der Waals surface area contributed by atoms with Crippen molar-refractivity contribution in [3.63, 3.8) is 0 Å². The quantitative estimate of drug-likeness (QED) is 0.804. The number of rotatable bonds is 3. The summed E-state index contributed by atoms with van der Waals surface area (Å²) in [5.74, 6) is 0.719. The molecule has 1 aromatic heterocycles. The topological polar surface area (TPSA) is 72.2 Å². The Morgan fingerprint density at radius 2 is 1.85 bits per heavy atom. The zero-order valence-corrected chi connectivity index (χ0v) is 11.5. The van der Waals surface area contributed by atoms with Gasteiger partial charge in [0, 0.05) is 11.5 Å². The van der Waals surface area contributed by atoms with Gasteiger partial charge in [-0.05, 0) is 18.4 Å². The van der Waals surface area contributed by atoms with Crippen molar-refractivity contribution in [1.29, 1.82) is 0 Å². The van der Waals surface area contributed by atoms with Crippen LogP contribution in [0.4, 0.5) is 5.82 Å². The molecule has 2 aromatic carbocycles. The van der Waals surface area contributed by atoms with Crippen LogP contribution in [0.25, 0.3) is 10.8 Å². The number of benzene rings is 2. The first-order valence-corrected chi connectivity index (χ1v) is 7.48. The average molecular weight is 288 g/mol. The van der Waals surface area contributed by atoms with Crippen LogP contribution in [0.3, 0.4) is 0 Å². The van der Waals surface area contributed by atoms with Gasteiger partial charge in [0.1, 0.15) is 5.76 Å². The molecule has 3 aromatic rings. The molecule has 0 radical (unpaired) electrons. The predicted octanol–water partition coefficient (Wildman–Crippen LogP) is 2.94. The van der Waals surface area contributed by atoms with Gasteiger partial charge in [-0.1, -0.05) is 41.6 Å². The second-order valence-electron chi connectivity index (χ2n) is 4.41. The SMILES string of the molecule is Cc1cc(NS(=O)(=O)c2cccc3ccccc23)no1. The fraction of sp³-hybridized carbons (Fsp3) is 0.0714. The number of anilines is 1. The molecule has 0 bridgehead atoms. The number of nitrogens with zero attached hydrogens (tertiary/aromatic N) is 1. The molecule has 0 aliphatic rings. The Bertz CT molecular complexity index is 864. The molecule has 6 heteroatoms. The average Bonchev–Trinajstić information content (AvgIpc) is 2.82. The molecule has 0 spiro atoms. The van der Waals surface area contributed by atoms with Crippen molar-refractivity contribution in [3.05, 3.63) is 54.3 Å². The molecule has 0 unspecified atom stereocenters. The maximum absolute atomic E-state index is 12.4. The van der Waals surface area contributed by atoms with Crippen LogP contribution in [-0.4, -0.2) is 13.6 Å². The predicted molar refractivity (Wildman–Crippen MR) is 76.0 cm³/mol. The molecule has 0 fully saturated rings. The zero-order chi connectivity index (χ0) is 14.2. The highest BCUT2D eigenvalue weighted by molar-refractivity contribution is 7.93. The number of fused-ring (bicyclic) bond motifs is 1. The fourth-order valence-electron chi connectivity index (χ4n) is 2.04. The molecule has 3 rings (SSSR count). The molecule has 1 heterocycles.